The summed E-state index contributed by atoms with van der Waals surface area (Å²) in [4.78, 5) is 2.26. The van der Waals surface area contributed by atoms with Gasteiger partial charge in [0.1, 0.15) is 0 Å². The molecule has 0 N–H and O–H groups in total. The van der Waals surface area contributed by atoms with Crippen LogP contribution in [0.3, 0.4) is 0 Å². The Morgan fingerprint density at radius 2 is 2.05 bits per heavy atom. The summed E-state index contributed by atoms with van der Waals surface area (Å²) >= 11 is 0. The summed E-state index contributed by atoms with van der Waals surface area (Å²) in [5, 5.41) is 12.6. The zero-order valence-electron chi connectivity index (χ0n) is 13.0. The third kappa shape index (κ3) is 4.01. The van der Waals surface area contributed by atoms with Crippen LogP contribution in [-0.4, -0.2) is 31.4 Å². The van der Waals surface area contributed by atoms with Crippen LogP contribution in [0.25, 0.3) is 0 Å². The van der Waals surface area contributed by atoms with Gasteiger partial charge in [0, 0.05) is 24.7 Å². The first-order valence-corrected chi connectivity index (χ1v) is 7.33. The van der Waals surface area contributed by atoms with E-state index in [0.717, 1.165) is 31.7 Å². The Morgan fingerprint density at radius 3 is 2.67 bits per heavy atom. The Kier molecular flexibility index (Phi) is 5.27. The van der Waals surface area contributed by atoms with Crippen LogP contribution in [0.2, 0.25) is 0 Å². The Balaban J connectivity index is 2.02. The molecule has 2 aromatic heterocycles. The highest BCUT2D eigenvalue weighted by Crippen LogP contribution is 2.12. The Labute approximate surface area is 125 Å². The first-order valence-electron chi connectivity index (χ1n) is 7.33. The average Bonchev–Trinajstić information content (AvgIpc) is 3.06. The summed E-state index contributed by atoms with van der Waals surface area (Å²) < 4.78 is 7.49. The summed E-state index contributed by atoms with van der Waals surface area (Å²) in [7, 11) is 0. The zero-order chi connectivity index (χ0) is 15.2. The topological polar surface area (TPSA) is 60.0 Å². The zero-order valence-corrected chi connectivity index (χ0v) is 13.0. The second kappa shape index (κ2) is 7.17. The van der Waals surface area contributed by atoms with Crippen molar-refractivity contribution in [1.29, 1.82) is 0 Å². The van der Waals surface area contributed by atoms with Crippen molar-refractivity contribution in [3.63, 3.8) is 0 Å². The van der Waals surface area contributed by atoms with E-state index >= 15 is 0 Å². The highest BCUT2D eigenvalue weighted by atomic mass is 16.4. The maximum Gasteiger partial charge on any atom is 0.230 e. The number of allylic oxidation sites excluding steroid dienone is 1. The summed E-state index contributed by atoms with van der Waals surface area (Å²) in [6, 6.07) is 0. The Bertz CT molecular complexity index is 587. The molecular formula is C15H23N5O. The molecule has 21 heavy (non-hydrogen) atoms. The molecule has 6 nitrogen and oxygen atoms in total. The van der Waals surface area contributed by atoms with Crippen molar-refractivity contribution in [2.45, 2.75) is 46.8 Å². The van der Waals surface area contributed by atoms with Crippen LogP contribution in [0.4, 0.5) is 0 Å². The van der Waals surface area contributed by atoms with Gasteiger partial charge in [0.15, 0.2) is 0 Å². The molecule has 0 spiro atoms. The van der Waals surface area contributed by atoms with Gasteiger partial charge < -0.3 is 4.42 Å². The monoisotopic (exact) mass is 289 g/mol. The number of hydrogen-bond donors (Lipinski definition) is 0. The summed E-state index contributed by atoms with van der Waals surface area (Å²) in [6.45, 7) is 13.0. The number of nitrogens with zero attached hydrogens (tertiary/aromatic N) is 5. The second-order valence-electron chi connectivity index (χ2n) is 5.00. The molecule has 0 aliphatic carbocycles. The van der Waals surface area contributed by atoms with Gasteiger partial charge in [0.05, 0.1) is 18.8 Å². The molecule has 114 valence electrons. The van der Waals surface area contributed by atoms with E-state index in [4.69, 9.17) is 4.42 Å². The Morgan fingerprint density at radius 1 is 1.29 bits per heavy atom. The van der Waals surface area contributed by atoms with Crippen molar-refractivity contribution in [2.75, 3.05) is 6.54 Å². The van der Waals surface area contributed by atoms with Crippen molar-refractivity contribution >= 4 is 0 Å². The molecule has 0 amide bonds. The van der Waals surface area contributed by atoms with Crippen LogP contribution in [0, 0.1) is 6.92 Å². The van der Waals surface area contributed by atoms with Gasteiger partial charge in [-0.15, -0.1) is 16.8 Å². The van der Waals surface area contributed by atoms with Crippen LogP contribution in [0.1, 0.15) is 36.9 Å². The van der Waals surface area contributed by atoms with Crippen LogP contribution in [-0.2, 0) is 26.1 Å². The molecule has 0 unspecified atom stereocenters. The van der Waals surface area contributed by atoms with Crippen molar-refractivity contribution in [3.8, 4) is 0 Å². The fourth-order valence-corrected chi connectivity index (χ4v) is 2.15. The van der Waals surface area contributed by atoms with E-state index in [2.05, 4.69) is 39.9 Å². The molecule has 0 bridgehead atoms. The molecule has 0 aliphatic heterocycles. The SMILES string of the molecule is C=CCn1cc(CN(CC)Cc2nnc(CC)o2)c(C)n1. The summed E-state index contributed by atoms with van der Waals surface area (Å²) in [5.41, 5.74) is 2.27. The van der Waals surface area contributed by atoms with E-state index in [-0.39, 0.29) is 0 Å². The maximum atomic E-state index is 5.58. The minimum atomic E-state index is 0.662. The van der Waals surface area contributed by atoms with Gasteiger partial charge in [-0.2, -0.15) is 5.10 Å². The molecule has 0 saturated heterocycles. The number of rotatable bonds is 8. The predicted molar refractivity (Wildman–Crippen MR) is 80.6 cm³/mol. The molecule has 0 aromatic carbocycles. The molecule has 2 heterocycles. The summed E-state index contributed by atoms with van der Waals surface area (Å²) in [6.07, 6.45) is 4.69. The molecule has 0 saturated carbocycles. The fraction of sp³-hybridized carbons (Fsp3) is 0.533. The summed E-state index contributed by atoms with van der Waals surface area (Å²) in [5.74, 6) is 1.36. The van der Waals surface area contributed by atoms with E-state index in [9.17, 15) is 0 Å². The predicted octanol–water partition coefficient (Wildman–Crippen LogP) is 2.35. The largest absolute Gasteiger partial charge is 0.424 e. The minimum Gasteiger partial charge on any atom is -0.424 e. The standard InChI is InChI=1S/C15H23N5O/c1-5-8-20-10-13(12(4)18-20)9-19(7-3)11-15-17-16-14(6-2)21-15/h5,10H,1,6-9,11H2,2-4H3. The molecule has 6 heteroatoms. The fourth-order valence-electron chi connectivity index (χ4n) is 2.15. The maximum absolute atomic E-state index is 5.58. The van der Waals surface area contributed by atoms with E-state index in [1.54, 1.807) is 0 Å². The van der Waals surface area contributed by atoms with Crippen LogP contribution in [0.15, 0.2) is 23.3 Å². The number of hydrogen-bond acceptors (Lipinski definition) is 5. The van der Waals surface area contributed by atoms with E-state index in [0.29, 0.717) is 18.3 Å². The van der Waals surface area contributed by atoms with E-state index in [1.165, 1.54) is 5.56 Å². The molecular weight excluding hydrogens is 266 g/mol. The van der Waals surface area contributed by atoms with Crippen molar-refractivity contribution in [2.24, 2.45) is 0 Å². The quantitative estimate of drug-likeness (QED) is 0.698. The van der Waals surface area contributed by atoms with Gasteiger partial charge in [-0.3, -0.25) is 9.58 Å². The minimum absolute atomic E-state index is 0.662. The lowest BCUT2D eigenvalue weighted by Crippen LogP contribution is -2.22. The lowest BCUT2D eigenvalue weighted by Gasteiger charge is -2.17. The van der Waals surface area contributed by atoms with Gasteiger partial charge in [-0.05, 0) is 13.5 Å². The number of aromatic nitrogens is 4. The third-order valence-corrected chi connectivity index (χ3v) is 3.38. The van der Waals surface area contributed by atoms with Crippen molar-refractivity contribution in [1.82, 2.24) is 24.9 Å². The van der Waals surface area contributed by atoms with Crippen LogP contribution >= 0.6 is 0 Å². The van der Waals surface area contributed by atoms with Gasteiger partial charge in [0.25, 0.3) is 0 Å². The lowest BCUT2D eigenvalue weighted by atomic mass is 10.2. The van der Waals surface area contributed by atoms with Gasteiger partial charge in [-0.1, -0.05) is 19.9 Å². The van der Waals surface area contributed by atoms with Crippen LogP contribution in [0.5, 0.6) is 0 Å². The Hall–Kier alpha value is -1.95. The highest BCUT2D eigenvalue weighted by molar-refractivity contribution is 5.15. The molecule has 0 atom stereocenters. The second-order valence-corrected chi connectivity index (χ2v) is 5.00. The first kappa shape index (κ1) is 15.4. The molecule has 0 fully saturated rings. The molecule has 2 rings (SSSR count). The van der Waals surface area contributed by atoms with E-state index in [1.807, 2.05) is 24.6 Å². The van der Waals surface area contributed by atoms with Gasteiger partial charge in [-0.25, -0.2) is 0 Å². The molecule has 2 aromatic rings. The van der Waals surface area contributed by atoms with Crippen LogP contribution < -0.4 is 0 Å². The number of aryl methyl sites for hydroxylation is 2. The highest BCUT2D eigenvalue weighted by Gasteiger charge is 2.13. The normalized spacial score (nSPS) is 11.2. The lowest BCUT2D eigenvalue weighted by molar-refractivity contribution is 0.239. The van der Waals surface area contributed by atoms with E-state index < -0.39 is 0 Å². The van der Waals surface area contributed by atoms with Crippen molar-refractivity contribution < 1.29 is 4.42 Å². The van der Waals surface area contributed by atoms with Gasteiger partial charge in [0.2, 0.25) is 11.8 Å². The first-order chi connectivity index (χ1) is 10.2. The molecule has 0 radical (unpaired) electrons. The average molecular weight is 289 g/mol. The molecule has 0 aliphatic rings. The van der Waals surface area contributed by atoms with Gasteiger partial charge >= 0.3 is 0 Å². The smallest absolute Gasteiger partial charge is 0.230 e. The van der Waals surface area contributed by atoms with Crippen molar-refractivity contribution in [3.05, 3.63) is 41.9 Å². The third-order valence-electron chi connectivity index (χ3n) is 3.38.